The molecule has 3 rings (SSSR count). The molecule has 24 heavy (non-hydrogen) atoms. The number of methoxy groups -OCH3 is 1. The molecule has 0 aliphatic heterocycles. The standard InChI is InChI=1S/C18H15ClFNO3/c1-10-17(18(22)23-2)12-8-11(6-7-16(12)21-10)24-9-13-14(19)4-3-5-15(13)20/h3-8,21H,9H2,1-2H3. The van der Waals surface area contributed by atoms with Crippen LogP contribution in [0.4, 0.5) is 4.39 Å². The molecule has 6 heteroatoms. The SMILES string of the molecule is COC(=O)c1c(C)[nH]c2ccc(OCc3c(F)cccc3Cl)cc12. The maximum absolute atomic E-state index is 13.8. The molecule has 0 unspecified atom stereocenters. The van der Waals surface area contributed by atoms with Crippen LogP contribution in [0.1, 0.15) is 21.6 Å². The number of halogens is 2. The summed E-state index contributed by atoms with van der Waals surface area (Å²) in [5, 5.41) is 1.00. The fraction of sp³-hybridized carbons (Fsp3) is 0.167. The predicted octanol–water partition coefficient (Wildman–Crippen LogP) is 4.63. The van der Waals surface area contributed by atoms with Crippen molar-refractivity contribution in [1.29, 1.82) is 0 Å². The fourth-order valence-corrected chi connectivity index (χ4v) is 2.80. The van der Waals surface area contributed by atoms with E-state index in [9.17, 15) is 9.18 Å². The Bertz CT molecular complexity index is 900. The van der Waals surface area contributed by atoms with Gasteiger partial charge in [0.25, 0.3) is 0 Å². The van der Waals surface area contributed by atoms with Crippen LogP contribution in [0.2, 0.25) is 5.02 Å². The lowest BCUT2D eigenvalue weighted by Crippen LogP contribution is -2.02. The Morgan fingerprint density at radius 2 is 2.08 bits per heavy atom. The third kappa shape index (κ3) is 2.95. The van der Waals surface area contributed by atoms with Crippen LogP contribution in [0.3, 0.4) is 0 Å². The van der Waals surface area contributed by atoms with Gasteiger partial charge in [0.2, 0.25) is 0 Å². The third-order valence-electron chi connectivity index (χ3n) is 3.79. The molecule has 1 heterocycles. The van der Waals surface area contributed by atoms with E-state index in [0.29, 0.717) is 27.4 Å². The molecule has 0 radical (unpaired) electrons. The molecule has 0 saturated carbocycles. The largest absolute Gasteiger partial charge is 0.489 e. The smallest absolute Gasteiger partial charge is 0.340 e. The van der Waals surface area contributed by atoms with Crippen LogP contribution in [-0.2, 0) is 11.3 Å². The molecular formula is C18H15ClFNO3. The van der Waals surface area contributed by atoms with E-state index in [0.717, 1.165) is 5.52 Å². The van der Waals surface area contributed by atoms with Crippen molar-refractivity contribution >= 4 is 28.5 Å². The summed E-state index contributed by atoms with van der Waals surface area (Å²) in [6.07, 6.45) is 0. The summed E-state index contributed by atoms with van der Waals surface area (Å²) in [6, 6.07) is 9.75. The summed E-state index contributed by atoms with van der Waals surface area (Å²) >= 11 is 5.99. The van der Waals surface area contributed by atoms with Gasteiger partial charge in [0.05, 0.1) is 17.7 Å². The lowest BCUT2D eigenvalue weighted by atomic mass is 10.1. The van der Waals surface area contributed by atoms with Crippen molar-refractivity contribution in [1.82, 2.24) is 4.98 Å². The fourth-order valence-electron chi connectivity index (χ4n) is 2.59. The minimum absolute atomic E-state index is 0.00598. The highest BCUT2D eigenvalue weighted by molar-refractivity contribution is 6.31. The quantitative estimate of drug-likeness (QED) is 0.700. The second-order valence-electron chi connectivity index (χ2n) is 5.31. The highest BCUT2D eigenvalue weighted by Crippen LogP contribution is 2.28. The third-order valence-corrected chi connectivity index (χ3v) is 4.15. The van der Waals surface area contributed by atoms with E-state index < -0.39 is 11.8 Å². The van der Waals surface area contributed by atoms with Gasteiger partial charge in [0.1, 0.15) is 18.2 Å². The Kier molecular flexibility index (Phi) is 4.44. The maximum Gasteiger partial charge on any atom is 0.340 e. The van der Waals surface area contributed by atoms with E-state index in [1.165, 1.54) is 13.2 Å². The number of fused-ring (bicyclic) bond motifs is 1. The van der Waals surface area contributed by atoms with Crippen LogP contribution in [-0.4, -0.2) is 18.1 Å². The van der Waals surface area contributed by atoms with Crippen molar-refractivity contribution < 1.29 is 18.7 Å². The van der Waals surface area contributed by atoms with Gasteiger partial charge in [0.15, 0.2) is 0 Å². The number of ether oxygens (including phenoxy) is 2. The second kappa shape index (κ2) is 6.53. The number of carbonyl (C=O) groups excluding carboxylic acids is 1. The monoisotopic (exact) mass is 347 g/mol. The molecule has 0 atom stereocenters. The molecular weight excluding hydrogens is 333 g/mol. The van der Waals surface area contributed by atoms with Crippen molar-refractivity contribution in [3.63, 3.8) is 0 Å². The number of hydrogen-bond acceptors (Lipinski definition) is 3. The van der Waals surface area contributed by atoms with Gasteiger partial charge in [-0.05, 0) is 37.3 Å². The lowest BCUT2D eigenvalue weighted by Gasteiger charge is -2.09. The Morgan fingerprint density at radius 3 is 2.79 bits per heavy atom. The zero-order valence-electron chi connectivity index (χ0n) is 13.2. The van der Waals surface area contributed by atoms with Crippen LogP contribution in [0.25, 0.3) is 10.9 Å². The number of aryl methyl sites for hydroxylation is 1. The first kappa shape index (κ1) is 16.3. The van der Waals surface area contributed by atoms with E-state index in [1.54, 1.807) is 37.3 Å². The molecule has 0 bridgehead atoms. The van der Waals surface area contributed by atoms with Crippen LogP contribution < -0.4 is 4.74 Å². The Morgan fingerprint density at radius 1 is 1.29 bits per heavy atom. The molecule has 3 aromatic rings. The molecule has 124 valence electrons. The van der Waals surface area contributed by atoms with Gasteiger partial charge in [-0.3, -0.25) is 0 Å². The first-order chi connectivity index (χ1) is 11.5. The summed E-state index contributed by atoms with van der Waals surface area (Å²) in [4.78, 5) is 15.1. The molecule has 0 saturated heterocycles. The summed E-state index contributed by atoms with van der Waals surface area (Å²) in [5.41, 5.74) is 2.26. The number of aromatic amines is 1. The van der Waals surface area contributed by atoms with Gasteiger partial charge in [-0.25, -0.2) is 9.18 Å². The second-order valence-corrected chi connectivity index (χ2v) is 5.72. The van der Waals surface area contributed by atoms with Gasteiger partial charge < -0.3 is 14.5 Å². The minimum atomic E-state index is -0.423. The number of nitrogens with one attached hydrogen (secondary N) is 1. The zero-order valence-corrected chi connectivity index (χ0v) is 13.9. The maximum atomic E-state index is 13.8. The van der Waals surface area contributed by atoms with Crippen LogP contribution in [0.15, 0.2) is 36.4 Å². The van der Waals surface area contributed by atoms with E-state index in [2.05, 4.69) is 4.98 Å². The number of hydrogen-bond donors (Lipinski definition) is 1. The Hall–Kier alpha value is -2.53. The average Bonchev–Trinajstić information content (AvgIpc) is 2.89. The van der Waals surface area contributed by atoms with Crippen molar-refractivity contribution in [2.45, 2.75) is 13.5 Å². The van der Waals surface area contributed by atoms with Gasteiger partial charge >= 0.3 is 5.97 Å². The highest BCUT2D eigenvalue weighted by atomic mass is 35.5. The summed E-state index contributed by atoms with van der Waals surface area (Å²) < 4.78 is 24.3. The topological polar surface area (TPSA) is 51.3 Å². The lowest BCUT2D eigenvalue weighted by molar-refractivity contribution is 0.0602. The summed E-state index contributed by atoms with van der Waals surface area (Å²) in [6.45, 7) is 1.79. The molecule has 0 aliphatic carbocycles. The van der Waals surface area contributed by atoms with Crippen LogP contribution in [0.5, 0.6) is 5.75 Å². The van der Waals surface area contributed by atoms with Gasteiger partial charge in [-0.2, -0.15) is 0 Å². The van der Waals surface area contributed by atoms with E-state index in [-0.39, 0.29) is 12.2 Å². The molecule has 2 aromatic carbocycles. The highest BCUT2D eigenvalue weighted by Gasteiger charge is 2.17. The van der Waals surface area contributed by atoms with Crippen molar-refractivity contribution in [2.24, 2.45) is 0 Å². The number of esters is 1. The number of aromatic nitrogens is 1. The molecule has 4 nitrogen and oxygen atoms in total. The van der Waals surface area contributed by atoms with E-state index in [4.69, 9.17) is 21.1 Å². The average molecular weight is 348 g/mol. The number of rotatable bonds is 4. The molecule has 1 aromatic heterocycles. The first-order valence-electron chi connectivity index (χ1n) is 7.27. The Labute approximate surface area is 143 Å². The van der Waals surface area contributed by atoms with Crippen LogP contribution >= 0.6 is 11.6 Å². The molecule has 0 fully saturated rings. The van der Waals surface area contributed by atoms with Crippen molar-refractivity contribution in [3.8, 4) is 5.75 Å². The van der Waals surface area contributed by atoms with Gasteiger partial charge in [0, 0.05) is 22.2 Å². The summed E-state index contributed by atoms with van der Waals surface area (Å²) in [5.74, 6) is -0.338. The van der Waals surface area contributed by atoms with E-state index >= 15 is 0 Å². The Balaban J connectivity index is 1.92. The first-order valence-corrected chi connectivity index (χ1v) is 7.65. The number of benzene rings is 2. The normalized spacial score (nSPS) is 10.8. The zero-order chi connectivity index (χ0) is 17.3. The molecule has 0 aliphatic rings. The minimum Gasteiger partial charge on any atom is -0.489 e. The van der Waals surface area contributed by atoms with Gasteiger partial charge in [-0.1, -0.05) is 17.7 Å². The van der Waals surface area contributed by atoms with Crippen molar-refractivity contribution in [3.05, 3.63) is 64.1 Å². The van der Waals surface area contributed by atoms with E-state index in [1.807, 2.05) is 0 Å². The predicted molar refractivity (Wildman–Crippen MR) is 90.1 cm³/mol. The number of H-pyrrole nitrogens is 1. The number of carbonyl (C=O) groups is 1. The van der Waals surface area contributed by atoms with Crippen molar-refractivity contribution in [2.75, 3.05) is 7.11 Å². The molecule has 1 N–H and O–H groups in total. The molecule has 0 spiro atoms. The van der Waals surface area contributed by atoms with Crippen LogP contribution in [0, 0.1) is 12.7 Å². The summed E-state index contributed by atoms with van der Waals surface area (Å²) in [7, 11) is 1.33. The van der Waals surface area contributed by atoms with Gasteiger partial charge in [-0.15, -0.1) is 0 Å². The molecule has 0 amide bonds.